The number of halogens is 2. The smallest absolute Gasteiger partial charge is 0.399 e. The molecule has 0 spiro atoms. The molecule has 1 aliphatic heterocycles. The van der Waals surface area contributed by atoms with Gasteiger partial charge in [-0.25, -0.2) is 8.78 Å². The average Bonchev–Trinajstić information content (AvgIpc) is 2.58. The third kappa shape index (κ3) is 2.13. The summed E-state index contributed by atoms with van der Waals surface area (Å²) in [7, 11) is -1.07. The molecule has 1 aliphatic rings. The fourth-order valence-electron chi connectivity index (χ4n) is 2.34. The van der Waals surface area contributed by atoms with Crippen molar-refractivity contribution < 1.29 is 18.1 Å². The Morgan fingerprint density at radius 1 is 1.10 bits per heavy atom. The van der Waals surface area contributed by atoms with E-state index in [0.29, 0.717) is 0 Å². The predicted octanol–water partition coefficient (Wildman–Crippen LogP) is 2.81. The first-order valence-electron chi connectivity index (χ1n) is 6.81. The van der Waals surface area contributed by atoms with Crippen LogP contribution in [0.4, 0.5) is 8.78 Å². The maximum absolute atomic E-state index is 14.6. The normalized spacial score (nSPS) is 20.2. The molecule has 110 valence electrons. The van der Waals surface area contributed by atoms with Crippen molar-refractivity contribution in [2.45, 2.75) is 38.9 Å². The van der Waals surface area contributed by atoms with Gasteiger partial charge in [0.25, 0.3) is 0 Å². The van der Waals surface area contributed by atoms with Crippen LogP contribution < -0.4 is 5.46 Å². The Labute approximate surface area is 122 Å². The number of hydrogen-bond donors (Lipinski definition) is 0. The van der Waals surface area contributed by atoms with Gasteiger partial charge >= 0.3 is 7.12 Å². The molecule has 0 aliphatic carbocycles. The van der Waals surface area contributed by atoms with E-state index in [-0.39, 0.29) is 16.4 Å². The van der Waals surface area contributed by atoms with Crippen molar-refractivity contribution in [1.29, 1.82) is 0 Å². The average molecular weight is 291 g/mol. The molecule has 3 nitrogen and oxygen atoms in total. The minimum Gasteiger partial charge on any atom is -0.399 e. The zero-order chi connectivity index (χ0) is 15.4. The molecular weight excluding hydrogens is 275 g/mol. The largest absolute Gasteiger partial charge is 0.500 e. The molecular formula is C15H16BF2NO2. The molecule has 1 aromatic heterocycles. The van der Waals surface area contributed by atoms with Crippen molar-refractivity contribution in [3.05, 3.63) is 36.0 Å². The minimum absolute atomic E-state index is 0.200. The molecule has 21 heavy (non-hydrogen) atoms. The first kappa shape index (κ1) is 14.4. The monoisotopic (exact) mass is 291 g/mol. The molecule has 0 amide bonds. The van der Waals surface area contributed by atoms with Crippen LogP contribution in [0, 0.1) is 11.6 Å². The molecule has 1 aromatic carbocycles. The van der Waals surface area contributed by atoms with Crippen molar-refractivity contribution in [2.75, 3.05) is 0 Å². The lowest BCUT2D eigenvalue weighted by Gasteiger charge is -2.32. The summed E-state index contributed by atoms with van der Waals surface area (Å²) in [5.41, 5.74) is -1.23. The van der Waals surface area contributed by atoms with Crippen LogP contribution >= 0.6 is 0 Å². The van der Waals surface area contributed by atoms with Crippen LogP contribution in [0.2, 0.25) is 0 Å². The first-order chi connectivity index (χ1) is 9.73. The second-order valence-corrected chi connectivity index (χ2v) is 6.24. The quantitative estimate of drug-likeness (QED) is 0.757. The van der Waals surface area contributed by atoms with Gasteiger partial charge in [0, 0.05) is 11.6 Å². The number of aromatic nitrogens is 1. The van der Waals surface area contributed by atoms with Crippen LogP contribution in [0.15, 0.2) is 24.4 Å². The Balaban J connectivity index is 2.14. The van der Waals surface area contributed by atoms with E-state index >= 15 is 0 Å². The second kappa shape index (κ2) is 4.48. The van der Waals surface area contributed by atoms with Crippen molar-refractivity contribution in [3.63, 3.8) is 0 Å². The number of fused-ring (bicyclic) bond motifs is 1. The molecule has 0 N–H and O–H groups in total. The second-order valence-electron chi connectivity index (χ2n) is 6.24. The molecule has 0 unspecified atom stereocenters. The lowest BCUT2D eigenvalue weighted by molar-refractivity contribution is 0.00578. The number of rotatable bonds is 1. The standard InChI is InChI=1S/C15H16BF2NO2/c1-14(2)15(3,4)21-16(20-14)12-10(17)8-11-9(13(12)18)6-5-7-19-11/h5-8H,1-4H3. The van der Waals surface area contributed by atoms with E-state index in [0.717, 1.165) is 0 Å². The third-order valence-corrected chi connectivity index (χ3v) is 4.32. The minimum atomic E-state index is -1.07. The van der Waals surface area contributed by atoms with Crippen LogP contribution in [0.5, 0.6) is 0 Å². The molecule has 6 heteroatoms. The topological polar surface area (TPSA) is 31.4 Å². The highest BCUT2D eigenvalue weighted by Gasteiger charge is 2.53. The van der Waals surface area contributed by atoms with Crippen LogP contribution in [-0.2, 0) is 9.31 Å². The molecule has 2 heterocycles. The van der Waals surface area contributed by atoms with Crippen molar-refractivity contribution in [2.24, 2.45) is 0 Å². The Morgan fingerprint density at radius 2 is 1.71 bits per heavy atom. The fourth-order valence-corrected chi connectivity index (χ4v) is 2.34. The molecule has 0 radical (unpaired) electrons. The molecule has 0 bridgehead atoms. The number of nitrogens with zero attached hydrogens (tertiary/aromatic N) is 1. The van der Waals surface area contributed by atoms with Gasteiger partial charge in [-0.05, 0) is 45.9 Å². The molecule has 3 rings (SSSR count). The summed E-state index contributed by atoms with van der Waals surface area (Å²) in [6, 6.07) is 4.38. The Bertz CT molecular complexity index is 702. The molecule has 1 fully saturated rings. The van der Waals surface area contributed by atoms with E-state index in [9.17, 15) is 8.78 Å². The maximum Gasteiger partial charge on any atom is 0.500 e. The molecule has 0 saturated carbocycles. The molecule has 0 atom stereocenters. The van der Waals surface area contributed by atoms with E-state index in [1.165, 1.54) is 12.3 Å². The van der Waals surface area contributed by atoms with Gasteiger partial charge < -0.3 is 9.31 Å². The van der Waals surface area contributed by atoms with Gasteiger partial charge in [-0.15, -0.1) is 0 Å². The van der Waals surface area contributed by atoms with E-state index in [4.69, 9.17) is 9.31 Å². The molecule has 1 saturated heterocycles. The van der Waals surface area contributed by atoms with Crippen molar-refractivity contribution in [1.82, 2.24) is 4.98 Å². The SMILES string of the molecule is CC1(C)OB(c2c(F)cc3ncccc3c2F)OC1(C)C. The first-order valence-corrected chi connectivity index (χ1v) is 6.81. The van der Waals surface area contributed by atoms with Gasteiger partial charge in [0.15, 0.2) is 0 Å². The third-order valence-electron chi connectivity index (χ3n) is 4.32. The molecule has 2 aromatic rings. The van der Waals surface area contributed by atoms with E-state index in [1.54, 1.807) is 12.1 Å². The number of hydrogen-bond acceptors (Lipinski definition) is 3. The van der Waals surface area contributed by atoms with E-state index in [2.05, 4.69) is 4.98 Å². The van der Waals surface area contributed by atoms with Crippen LogP contribution in [0.25, 0.3) is 10.9 Å². The zero-order valence-electron chi connectivity index (χ0n) is 12.4. The lowest BCUT2D eigenvalue weighted by atomic mass is 9.77. The van der Waals surface area contributed by atoms with Gasteiger partial charge in [0.05, 0.1) is 22.2 Å². The summed E-state index contributed by atoms with van der Waals surface area (Å²) in [6.07, 6.45) is 1.50. The Morgan fingerprint density at radius 3 is 2.33 bits per heavy atom. The fraction of sp³-hybridized carbons (Fsp3) is 0.400. The number of pyridine rings is 1. The highest BCUT2D eigenvalue weighted by atomic mass is 19.1. The van der Waals surface area contributed by atoms with Gasteiger partial charge in [-0.3, -0.25) is 4.98 Å². The van der Waals surface area contributed by atoms with Crippen LogP contribution in [0.3, 0.4) is 0 Å². The van der Waals surface area contributed by atoms with Gasteiger partial charge in [-0.1, -0.05) is 0 Å². The maximum atomic E-state index is 14.6. The highest BCUT2D eigenvalue weighted by Crippen LogP contribution is 2.37. The zero-order valence-corrected chi connectivity index (χ0v) is 12.4. The Hall–Kier alpha value is -1.53. The predicted molar refractivity (Wildman–Crippen MR) is 77.4 cm³/mol. The summed E-state index contributed by atoms with van der Waals surface area (Å²) in [4.78, 5) is 3.97. The lowest BCUT2D eigenvalue weighted by Crippen LogP contribution is -2.41. The highest BCUT2D eigenvalue weighted by molar-refractivity contribution is 6.62. The van der Waals surface area contributed by atoms with Crippen LogP contribution in [0.1, 0.15) is 27.7 Å². The summed E-state index contributed by atoms with van der Waals surface area (Å²) in [5, 5.41) is 0.253. The van der Waals surface area contributed by atoms with Gasteiger partial charge in [0.2, 0.25) is 0 Å². The number of benzene rings is 1. The van der Waals surface area contributed by atoms with E-state index in [1.807, 2.05) is 27.7 Å². The van der Waals surface area contributed by atoms with Crippen molar-refractivity contribution >= 4 is 23.5 Å². The van der Waals surface area contributed by atoms with Gasteiger partial charge in [0.1, 0.15) is 11.6 Å². The summed E-state index contributed by atoms with van der Waals surface area (Å²) in [5.74, 6) is -1.39. The van der Waals surface area contributed by atoms with Crippen molar-refractivity contribution in [3.8, 4) is 0 Å². The Kier molecular flexibility index (Phi) is 3.08. The van der Waals surface area contributed by atoms with Crippen LogP contribution in [-0.4, -0.2) is 23.3 Å². The van der Waals surface area contributed by atoms with Gasteiger partial charge in [-0.2, -0.15) is 0 Å². The summed E-state index contributed by atoms with van der Waals surface area (Å²) >= 11 is 0. The summed E-state index contributed by atoms with van der Waals surface area (Å²) < 4.78 is 40.4. The summed E-state index contributed by atoms with van der Waals surface area (Å²) in [6.45, 7) is 7.35. The van der Waals surface area contributed by atoms with E-state index < -0.39 is 30.0 Å².